The van der Waals surface area contributed by atoms with Gasteiger partial charge in [-0.25, -0.2) is 4.39 Å². The van der Waals surface area contributed by atoms with Crippen molar-refractivity contribution in [3.63, 3.8) is 0 Å². The van der Waals surface area contributed by atoms with Gasteiger partial charge in [-0.15, -0.1) is 0 Å². The van der Waals surface area contributed by atoms with Gasteiger partial charge in [0.1, 0.15) is 5.82 Å². The topological polar surface area (TPSA) is 21.3 Å². The first-order valence-electron chi connectivity index (χ1n) is 7.63. The third-order valence-electron chi connectivity index (χ3n) is 3.73. The van der Waals surface area contributed by atoms with Gasteiger partial charge >= 0.3 is 0 Å². The summed E-state index contributed by atoms with van der Waals surface area (Å²) in [6.07, 6.45) is 4.33. The predicted molar refractivity (Wildman–Crippen MR) is 82.6 cm³/mol. The van der Waals surface area contributed by atoms with E-state index < -0.39 is 0 Å². The van der Waals surface area contributed by atoms with E-state index in [-0.39, 0.29) is 18.0 Å². The minimum Gasteiger partial charge on any atom is -0.380 e. The first-order valence-corrected chi connectivity index (χ1v) is 7.63. The summed E-state index contributed by atoms with van der Waals surface area (Å²) >= 11 is 0. The summed E-state index contributed by atoms with van der Waals surface area (Å²) < 4.78 is 18.8. The normalized spacial score (nSPS) is 14.2. The molecule has 0 aliphatic rings. The second kappa shape index (κ2) is 9.09. The van der Waals surface area contributed by atoms with E-state index in [9.17, 15) is 4.39 Å². The summed E-state index contributed by atoms with van der Waals surface area (Å²) in [5.74, 6) is -0.166. The Morgan fingerprint density at radius 2 is 2.00 bits per heavy atom. The number of halogens is 1. The summed E-state index contributed by atoms with van der Waals surface area (Å²) in [5, 5.41) is 3.58. The Bertz CT molecular complexity index is 395. The lowest BCUT2D eigenvalue weighted by atomic mass is 9.95. The van der Waals surface area contributed by atoms with Crippen molar-refractivity contribution in [2.24, 2.45) is 0 Å². The number of hydrogen-bond donors (Lipinski definition) is 1. The molecule has 2 nitrogen and oxygen atoms in total. The molecule has 0 aliphatic carbocycles. The maximum Gasteiger partial charge on any atom is 0.123 e. The van der Waals surface area contributed by atoms with Crippen LogP contribution >= 0.6 is 0 Å². The van der Waals surface area contributed by atoms with Crippen LogP contribution in [0.15, 0.2) is 18.2 Å². The van der Waals surface area contributed by atoms with Crippen molar-refractivity contribution in [3.8, 4) is 0 Å². The molecule has 2 atom stereocenters. The van der Waals surface area contributed by atoms with Crippen molar-refractivity contribution < 1.29 is 9.13 Å². The third-order valence-corrected chi connectivity index (χ3v) is 3.73. The summed E-state index contributed by atoms with van der Waals surface area (Å²) in [6.45, 7) is 7.28. The molecule has 0 fully saturated rings. The fraction of sp³-hybridized carbons (Fsp3) is 0.647. The van der Waals surface area contributed by atoms with E-state index in [4.69, 9.17) is 4.74 Å². The minimum absolute atomic E-state index is 0.166. The number of benzene rings is 1. The minimum atomic E-state index is -0.166. The molecule has 0 amide bonds. The van der Waals surface area contributed by atoms with Crippen LogP contribution in [-0.2, 0) is 11.2 Å². The van der Waals surface area contributed by atoms with Crippen LogP contribution in [0.4, 0.5) is 4.39 Å². The van der Waals surface area contributed by atoms with Crippen LogP contribution in [-0.4, -0.2) is 25.8 Å². The zero-order chi connectivity index (χ0) is 15.0. The van der Waals surface area contributed by atoms with E-state index in [1.165, 1.54) is 5.56 Å². The fourth-order valence-corrected chi connectivity index (χ4v) is 2.56. The summed E-state index contributed by atoms with van der Waals surface area (Å²) in [4.78, 5) is 0. The molecular formula is C17H28FNO. The lowest BCUT2D eigenvalue weighted by Gasteiger charge is -2.27. The number of hydrogen-bond acceptors (Lipinski definition) is 2. The molecule has 20 heavy (non-hydrogen) atoms. The van der Waals surface area contributed by atoms with Crippen LogP contribution < -0.4 is 5.32 Å². The van der Waals surface area contributed by atoms with Crippen LogP contribution in [0.1, 0.15) is 44.2 Å². The molecule has 0 saturated heterocycles. The molecule has 1 N–H and O–H groups in total. The van der Waals surface area contributed by atoms with E-state index in [0.29, 0.717) is 0 Å². The maximum atomic E-state index is 13.2. The van der Waals surface area contributed by atoms with E-state index >= 15 is 0 Å². The molecule has 0 saturated carbocycles. The van der Waals surface area contributed by atoms with Crippen molar-refractivity contribution >= 4 is 0 Å². The number of aryl methyl sites for hydroxylation is 1. The Kier molecular flexibility index (Phi) is 7.78. The van der Waals surface area contributed by atoms with E-state index in [0.717, 1.165) is 37.8 Å². The van der Waals surface area contributed by atoms with Crippen molar-refractivity contribution in [3.05, 3.63) is 35.1 Å². The van der Waals surface area contributed by atoms with Gasteiger partial charge in [0.25, 0.3) is 0 Å². The van der Waals surface area contributed by atoms with E-state index in [2.05, 4.69) is 19.2 Å². The van der Waals surface area contributed by atoms with Gasteiger partial charge in [0.05, 0.1) is 6.10 Å². The Morgan fingerprint density at radius 3 is 2.55 bits per heavy atom. The van der Waals surface area contributed by atoms with Crippen molar-refractivity contribution in [2.75, 3.05) is 13.7 Å². The second-order valence-electron chi connectivity index (χ2n) is 5.40. The quantitative estimate of drug-likeness (QED) is 0.742. The highest BCUT2D eigenvalue weighted by atomic mass is 19.1. The first-order chi connectivity index (χ1) is 9.62. The Hall–Kier alpha value is -0.930. The van der Waals surface area contributed by atoms with Crippen LogP contribution in [0.3, 0.4) is 0 Å². The molecule has 0 aliphatic heterocycles. The number of nitrogens with one attached hydrogen (secondary N) is 1. The molecule has 0 radical (unpaired) electrons. The van der Waals surface area contributed by atoms with Crippen molar-refractivity contribution in [1.82, 2.24) is 5.32 Å². The summed E-state index contributed by atoms with van der Waals surface area (Å²) in [7, 11) is 1.78. The van der Waals surface area contributed by atoms with Gasteiger partial charge in [-0.3, -0.25) is 0 Å². The maximum absolute atomic E-state index is 13.2. The van der Waals surface area contributed by atoms with Crippen LogP contribution in [0.2, 0.25) is 0 Å². The van der Waals surface area contributed by atoms with Gasteiger partial charge in [0.15, 0.2) is 0 Å². The highest BCUT2D eigenvalue weighted by Crippen LogP contribution is 2.16. The smallest absolute Gasteiger partial charge is 0.123 e. The lowest BCUT2D eigenvalue weighted by Crippen LogP contribution is -2.43. The highest BCUT2D eigenvalue weighted by molar-refractivity contribution is 5.27. The van der Waals surface area contributed by atoms with E-state index in [1.807, 2.05) is 13.0 Å². The van der Waals surface area contributed by atoms with Gasteiger partial charge in [-0.2, -0.15) is 0 Å². The van der Waals surface area contributed by atoms with Crippen molar-refractivity contribution in [1.29, 1.82) is 0 Å². The third kappa shape index (κ3) is 5.22. The Balaban J connectivity index is 2.81. The van der Waals surface area contributed by atoms with Gasteiger partial charge in [-0.1, -0.05) is 26.3 Å². The molecule has 2 unspecified atom stereocenters. The zero-order valence-electron chi connectivity index (χ0n) is 13.2. The molecule has 0 spiro atoms. The zero-order valence-corrected chi connectivity index (χ0v) is 13.2. The van der Waals surface area contributed by atoms with Gasteiger partial charge < -0.3 is 10.1 Å². The monoisotopic (exact) mass is 281 g/mol. The fourth-order valence-electron chi connectivity index (χ4n) is 2.56. The Morgan fingerprint density at radius 1 is 1.25 bits per heavy atom. The molecule has 0 aromatic heterocycles. The molecule has 1 rings (SSSR count). The average molecular weight is 281 g/mol. The number of rotatable bonds is 9. The SMILES string of the molecule is CCCNC(Cc1ccc(F)cc1C)C(CCC)OC. The molecule has 1 aromatic carbocycles. The lowest BCUT2D eigenvalue weighted by molar-refractivity contribution is 0.0608. The van der Waals surface area contributed by atoms with Gasteiger partial charge in [-0.05, 0) is 56.0 Å². The molecule has 0 heterocycles. The average Bonchev–Trinajstić information content (AvgIpc) is 2.43. The molecular weight excluding hydrogens is 253 g/mol. The van der Waals surface area contributed by atoms with Gasteiger partial charge in [0.2, 0.25) is 0 Å². The number of methoxy groups -OCH3 is 1. The standard InChI is InChI=1S/C17H28FNO/c1-5-7-17(20-4)16(19-10-6-2)12-14-8-9-15(18)11-13(14)3/h8-9,11,16-17,19H,5-7,10,12H2,1-4H3. The molecule has 114 valence electrons. The molecule has 1 aromatic rings. The van der Waals surface area contributed by atoms with Gasteiger partial charge in [0, 0.05) is 13.2 Å². The van der Waals surface area contributed by atoms with Crippen LogP contribution in [0, 0.1) is 12.7 Å². The van der Waals surface area contributed by atoms with Crippen LogP contribution in [0.5, 0.6) is 0 Å². The highest BCUT2D eigenvalue weighted by Gasteiger charge is 2.21. The predicted octanol–water partition coefficient (Wildman–Crippen LogP) is 3.86. The van der Waals surface area contributed by atoms with Crippen molar-refractivity contribution in [2.45, 2.75) is 58.6 Å². The molecule has 0 bridgehead atoms. The molecule has 3 heteroatoms. The largest absolute Gasteiger partial charge is 0.380 e. The van der Waals surface area contributed by atoms with E-state index in [1.54, 1.807) is 19.2 Å². The van der Waals surface area contributed by atoms with Crippen LogP contribution in [0.25, 0.3) is 0 Å². The number of ether oxygens (including phenoxy) is 1. The summed E-state index contributed by atoms with van der Waals surface area (Å²) in [5.41, 5.74) is 2.21. The first kappa shape index (κ1) is 17.1. The second-order valence-corrected chi connectivity index (χ2v) is 5.40. The Labute approximate surface area is 122 Å². The summed E-state index contributed by atoms with van der Waals surface area (Å²) in [6, 6.07) is 5.32.